The zero-order valence-corrected chi connectivity index (χ0v) is 14.9. The maximum atomic E-state index is 12.3. The Hall–Kier alpha value is -2.21. The molecule has 0 N–H and O–H groups in total. The van der Waals surface area contributed by atoms with Crippen molar-refractivity contribution in [2.24, 2.45) is 4.99 Å². The fourth-order valence-electron chi connectivity index (χ4n) is 2.59. The smallest absolute Gasteiger partial charge is 0.358 e. The molecule has 8 heteroatoms. The van der Waals surface area contributed by atoms with Crippen molar-refractivity contribution in [3.63, 3.8) is 0 Å². The van der Waals surface area contributed by atoms with Crippen LogP contribution in [0.5, 0.6) is 0 Å². The van der Waals surface area contributed by atoms with Crippen LogP contribution in [0.2, 0.25) is 0 Å². The molecule has 0 amide bonds. The Kier molecular flexibility index (Phi) is 10.2. The molecule has 0 fully saturated rings. The van der Waals surface area contributed by atoms with Gasteiger partial charge in [-0.05, 0) is 19.3 Å². The quantitative estimate of drug-likeness (QED) is 0.306. The molecule has 1 heterocycles. The summed E-state index contributed by atoms with van der Waals surface area (Å²) in [5.41, 5.74) is -0.595. The van der Waals surface area contributed by atoms with Gasteiger partial charge in [-0.15, -0.1) is 0 Å². The van der Waals surface area contributed by atoms with Gasteiger partial charge >= 0.3 is 17.2 Å². The van der Waals surface area contributed by atoms with Crippen molar-refractivity contribution in [1.82, 2.24) is 9.13 Å². The molecule has 1 aromatic rings. The summed E-state index contributed by atoms with van der Waals surface area (Å²) < 4.78 is 6.65. The van der Waals surface area contributed by atoms with Gasteiger partial charge in [0.2, 0.25) is 6.08 Å². The third-order valence-electron chi connectivity index (χ3n) is 4.03. The highest BCUT2D eigenvalue weighted by molar-refractivity contribution is 5.32. The van der Waals surface area contributed by atoms with Gasteiger partial charge in [-0.1, -0.05) is 45.4 Å². The predicted octanol–water partition coefficient (Wildman–Crippen LogP) is 1.83. The van der Waals surface area contributed by atoms with Crippen LogP contribution in [0.4, 0.5) is 0 Å². The molecule has 0 atom stereocenters. The number of hydrogen-bond acceptors (Lipinski definition) is 6. The van der Waals surface area contributed by atoms with E-state index in [-0.39, 0.29) is 13.1 Å². The number of rotatable bonds is 13. The van der Waals surface area contributed by atoms with E-state index in [4.69, 9.17) is 0 Å². The van der Waals surface area contributed by atoms with Gasteiger partial charge in [-0.25, -0.2) is 33.3 Å². The average molecular weight is 353 g/mol. The molecule has 0 saturated carbocycles. The third kappa shape index (κ3) is 7.47. The summed E-state index contributed by atoms with van der Waals surface area (Å²) in [6.07, 6.45) is 9.43. The van der Waals surface area contributed by atoms with Crippen LogP contribution >= 0.6 is 0 Å². The van der Waals surface area contributed by atoms with E-state index < -0.39 is 17.2 Å². The van der Waals surface area contributed by atoms with Gasteiger partial charge in [0.1, 0.15) is 0 Å². The molecular weight excluding hydrogens is 326 g/mol. The molecular formula is C17H27N3O5. The molecule has 25 heavy (non-hydrogen) atoms. The molecule has 8 nitrogen and oxygen atoms in total. The fraction of sp³-hybridized carbons (Fsp3) is 0.765. The van der Waals surface area contributed by atoms with Crippen molar-refractivity contribution in [3.05, 3.63) is 31.6 Å². The molecule has 0 radical (unpaired) electrons. The zero-order valence-electron chi connectivity index (χ0n) is 14.9. The molecule has 0 saturated heterocycles. The standard InChI is InChI=1S/C17H27N3O5/c1-2-3-4-6-9-12-19-15(22)20(17(24)25-16(19)23)13-10-7-5-8-11-18-14-21/h2-13H2,1H3. The van der Waals surface area contributed by atoms with E-state index in [0.29, 0.717) is 19.4 Å². The van der Waals surface area contributed by atoms with Gasteiger partial charge in [0, 0.05) is 13.1 Å². The number of hydrogen-bond donors (Lipinski definition) is 0. The van der Waals surface area contributed by atoms with Crippen molar-refractivity contribution in [2.75, 3.05) is 6.54 Å². The number of unbranched alkanes of at least 4 members (excludes halogenated alkanes) is 7. The van der Waals surface area contributed by atoms with Gasteiger partial charge in [0.05, 0.1) is 6.54 Å². The largest absolute Gasteiger partial charge is 0.427 e. The Morgan fingerprint density at radius 3 is 1.88 bits per heavy atom. The number of aromatic nitrogens is 2. The summed E-state index contributed by atoms with van der Waals surface area (Å²) in [4.78, 5) is 49.3. The molecule has 0 aliphatic carbocycles. The van der Waals surface area contributed by atoms with Gasteiger partial charge in [-0.2, -0.15) is 0 Å². The average Bonchev–Trinajstić information content (AvgIpc) is 2.58. The fourth-order valence-corrected chi connectivity index (χ4v) is 2.59. The minimum Gasteiger partial charge on any atom is -0.358 e. The van der Waals surface area contributed by atoms with E-state index in [2.05, 4.69) is 16.3 Å². The molecule has 1 aromatic heterocycles. The Labute approximate surface area is 146 Å². The second-order valence-corrected chi connectivity index (χ2v) is 6.02. The molecule has 0 aromatic carbocycles. The van der Waals surface area contributed by atoms with Crippen LogP contribution in [0.1, 0.15) is 64.7 Å². The van der Waals surface area contributed by atoms with E-state index in [0.717, 1.165) is 54.1 Å². The molecule has 1 rings (SSSR count). The van der Waals surface area contributed by atoms with Gasteiger partial charge in [-0.3, -0.25) is 0 Å². The second-order valence-electron chi connectivity index (χ2n) is 6.02. The maximum absolute atomic E-state index is 12.3. The molecule has 0 spiro atoms. The van der Waals surface area contributed by atoms with Crippen LogP contribution in [0.15, 0.2) is 23.8 Å². The van der Waals surface area contributed by atoms with Crippen molar-refractivity contribution in [3.8, 4) is 0 Å². The Morgan fingerprint density at radius 1 is 0.840 bits per heavy atom. The molecule has 0 unspecified atom stereocenters. The predicted molar refractivity (Wildman–Crippen MR) is 93.7 cm³/mol. The number of nitrogens with zero attached hydrogens (tertiary/aromatic N) is 3. The molecule has 0 bridgehead atoms. The topological polar surface area (TPSA) is 104 Å². The lowest BCUT2D eigenvalue weighted by atomic mass is 10.1. The molecule has 140 valence electrons. The van der Waals surface area contributed by atoms with E-state index >= 15 is 0 Å². The maximum Gasteiger partial charge on any atom is 0.427 e. The second kappa shape index (κ2) is 12.2. The summed E-state index contributed by atoms with van der Waals surface area (Å²) in [5, 5.41) is 0. The van der Waals surface area contributed by atoms with E-state index in [1.165, 1.54) is 6.08 Å². The Bertz CT molecular complexity index is 725. The van der Waals surface area contributed by atoms with Crippen LogP contribution in [0, 0.1) is 0 Å². The van der Waals surface area contributed by atoms with Crippen LogP contribution in [-0.2, 0) is 17.9 Å². The van der Waals surface area contributed by atoms with Crippen molar-refractivity contribution >= 4 is 6.08 Å². The normalized spacial score (nSPS) is 10.6. The Morgan fingerprint density at radius 2 is 1.36 bits per heavy atom. The van der Waals surface area contributed by atoms with Gasteiger partial charge in [0.25, 0.3) is 0 Å². The third-order valence-corrected chi connectivity index (χ3v) is 4.03. The van der Waals surface area contributed by atoms with Crippen LogP contribution in [-0.4, -0.2) is 21.8 Å². The highest BCUT2D eigenvalue weighted by Crippen LogP contribution is 2.03. The summed E-state index contributed by atoms with van der Waals surface area (Å²) in [6.45, 7) is 3.04. The summed E-state index contributed by atoms with van der Waals surface area (Å²) in [6, 6.07) is 0. The zero-order chi connectivity index (χ0) is 18.5. The lowest BCUT2D eigenvalue weighted by Crippen LogP contribution is -2.46. The number of carbonyl (C=O) groups excluding carboxylic acids is 1. The highest BCUT2D eigenvalue weighted by atomic mass is 16.5. The van der Waals surface area contributed by atoms with E-state index in [1.54, 1.807) is 0 Å². The summed E-state index contributed by atoms with van der Waals surface area (Å²) >= 11 is 0. The lowest BCUT2D eigenvalue weighted by Gasteiger charge is -2.07. The molecule has 0 aliphatic rings. The van der Waals surface area contributed by atoms with Crippen LogP contribution < -0.4 is 17.2 Å². The van der Waals surface area contributed by atoms with Gasteiger partial charge < -0.3 is 4.42 Å². The monoisotopic (exact) mass is 353 g/mol. The lowest BCUT2D eigenvalue weighted by molar-refractivity contribution is 0.313. The van der Waals surface area contributed by atoms with Crippen LogP contribution in [0.25, 0.3) is 0 Å². The minimum atomic E-state index is -0.900. The first-order chi connectivity index (χ1) is 12.1. The summed E-state index contributed by atoms with van der Waals surface area (Å²) in [5.74, 6) is -1.78. The summed E-state index contributed by atoms with van der Waals surface area (Å²) in [7, 11) is 0. The minimum absolute atomic E-state index is 0.216. The highest BCUT2D eigenvalue weighted by Gasteiger charge is 2.11. The SMILES string of the molecule is CCCCCCCn1c(=O)oc(=O)n(CCCCCCN=C=O)c1=O. The first-order valence-electron chi connectivity index (χ1n) is 9.00. The first kappa shape index (κ1) is 20.8. The molecule has 0 aliphatic heterocycles. The van der Waals surface area contributed by atoms with Crippen LogP contribution in [0.3, 0.4) is 0 Å². The van der Waals surface area contributed by atoms with Crippen molar-refractivity contribution in [2.45, 2.75) is 77.8 Å². The Balaban J connectivity index is 2.60. The van der Waals surface area contributed by atoms with Crippen molar-refractivity contribution < 1.29 is 9.21 Å². The first-order valence-corrected chi connectivity index (χ1v) is 9.00. The van der Waals surface area contributed by atoms with Gasteiger partial charge in [0.15, 0.2) is 0 Å². The number of isocyanates is 1. The van der Waals surface area contributed by atoms with Crippen molar-refractivity contribution in [1.29, 1.82) is 0 Å². The van der Waals surface area contributed by atoms with E-state index in [1.807, 2.05) is 0 Å². The number of aliphatic imine (C=N–C) groups is 1. The van der Waals surface area contributed by atoms with E-state index in [9.17, 15) is 19.2 Å².